The molecule has 0 amide bonds. The molecule has 0 fully saturated rings. The van der Waals surface area contributed by atoms with Gasteiger partial charge >= 0.3 is 0 Å². The van der Waals surface area contributed by atoms with E-state index in [2.05, 4.69) is 31.2 Å². The van der Waals surface area contributed by atoms with E-state index >= 15 is 0 Å². The number of thioether (sulfide) groups is 1. The number of hydrogen-bond acceptors (Lipinski definition) is 6. The van der Waals surface area contributed by atoms with E-state index in [4.69, 9.17) is 0 Å². The van der Waals surface area contributed by atoms with E-state index in [1.165, 1.54) is 12.4 Å². The number of benzene rings is 2. The number of H-pyrrole nitrogens is 1. The van der Waals surface area contributed by atoms with Crippen molar-refractivity contribution < 1.29 is 4.92 Å². The normalized spacial score (nSPS) is 12.1. The maximum Gasteiger partial charge on any atom is 0.293 e. The average Bonchev–Trinajstić information content (AvgIpc) is 2.61. The SMILES string of the molecule is CC(CNc1cc2nc[nH]c(=O)c2cc1[N+](=O)[O-])Sc1ccc(Br)cc1. The van der Waals surface area contributed by atoms with Crippen molar-refractivity contribution in [2.75, 3.05) is 11.9 Å². The van der Waals surface area contributed by atoms with Crippen molar-refractivity contribution in [3.63, 3.8) is 0 Å². The van der Waals surface area contributed by atoms with Crippen LogP contribution in [-0.2, 0) is 0 Å². The number of hydrogen-bond donors (Lipinski definition) is 2. The van der Waals surface area contributed by atoms with Gasteiger partial charge in [-0.25, -0.2) is 4.98 Å². The Kier molecular flexibility index (Phi) is 5.58. The van der Waals surface area contributed by atoms with Crippen molar-refractivity contribution in [1.82, 2.24) is 9.97 Å². The average molecular weight is 435 g/mol. The fourth-order valence-corrected chi connectivity index (χ4v) is 3.63. The minimum absolute atomic E-state index is 0.142. The van der Waals surface area contributed by atoms with Crippen LogP contribution in [0.15, 0.2) is 56.9 Å². The molecule has 1 aromatic heterocycles. The molecule has 134 valence electrons. The minimum Gasteiger partial charge on any atom is -0.378 e. The van der Waals surface area contributed by atoms with Gasteiger partial charge < -0.3 is 10.3 Å². The number of nitrogens with one attached hydrogen (secondary N) is 2. The lowest BCUT2D eigenvalue weighted by Crippen LogP contribution is -2.15. The van der Waals surface area contributed by atoms with Gasteiger partial charge in [-0.1, -0.05) is 22.9 Å². The number of nitro groups is 1. The summed E-state index contributed by atoms with van der Waals surface area (Å²) in [5, 5.41) is 14.9. The maximum absolute atomic E-state index is 11.8. The number of aromatic amines is 1. The molecule has 0 spiro atoms. The number of halogens is 1. The van der Waals surface area contributed by atoms with Crippen molar-refractivity contribution in [3.8, 4) is 0 Å². The summed E-state index contributed by atoms with van der Waals surface area (Å²) in [5.74, 6) is 0. The third-order valence-corrected chi connectivity index (χ3v) is 5.33. The van der Waals surface area contributed by atoms with E-state index < -0.39 is 10.5 Å². The van der Waals surface area contributed by atoms with E-state index in [9.17, 15) is 14.9 Å². The van der Waals surface area contributed by atoms with Crippen LogP contribution in [0.5, 0.6) is 0 Å². The monoisotopic (exact) mass is 434 g/mol. The van der Waals surface area contributed by atoms with Crippen LogP contribution < -0.4 is 10.9 Å². The Hall–Kier alpha value is -2.39. The van der Waals surface area contributed by atoms with Gasteiger partial charge in [0.05, 0.1) is 22.2 Å². The Morgan fingerprint density at radius 1 is 1.35 bits per heavy atom. The zero-order valence-corrected chi connectivity index (χ0v) is 16.1. The summed E-state index contributed by atoms with van der Waals surface area (Å²) in [6.07, 6.45) is 1.28. The standard InChI is InChI=1S/C17H15BrN4O3S/c1-10(26-12-4-2-11(18)3-5-12)8-19-15-7-14-13(6-16(15)22(24)25)17(23)21-9-20-14/h2-7,9-10,19H,8H2,1H3,(H,20,21,23). The minimum atomic E-state index is -0.499. The third kappa shape index (κ3) is 4.23. The molecule has 1 heterocycles. The highest BCUT2D eigenvalue weighted by Gasteiger charge is 2.17. The quantitative estimate of drug-likeness (QED) is 0.342. The van der Waals surface area contributed by atoms with Gasteiger partial charge in [-0.3, -0.25) is 14.9 Å². The summed E-state index contributed by atoms with van der Waals surface area (Å²) in [5.41, 5.74) is 0.222. The van der Waals surface area contributed by atoms with E-state index in [0.717, 1.165) is 9.37 Å². The Morgan fingerprint density at radius 3 is 2.77 bits per heavy atom. The lowest BCUT2D eigenvalue weighted by molar-refractivity contribution is -0.383. The van der Waals surface area contributed by atoms with Crippen molar-refractivity contribution in [2.45, 2.75) is 17.1 Å². The fourth-order valence-electron chi connectivity index (χ4n) is 2.44. The van der Waals surface area contributed by atoms with Gasteiger partial charge in [-0.2, -0.15) is 0 Å². The molecule has 0 bridgehead atoms. The van der Waals surface area contributed by atoms with E-state index in [1.54, 1.807) is 17.8 Å². The first kappa shape index (κ1) is 18.4. The molecule has 3 rings (SSSR count). The van der Waals surface area contributed by atoms with Crippen LogP contribution in [0.2, 0.25) is 0 Å². The van der Waals surface area contributed by atoms with Gasteiger partial charge in [0, 0.05) is 27.2 Å². The Labute approximate surface area is 161 Å². The van der Waals surface area contributed by atoms with Crippen LogP contribution in [0.4, 0.5) is 11.4 Å². The number of nitrogens with zero attached hydrogens (tertiary/aromatic N) is 2. The van der Waals surface area contributed by atoms with E-state index in [1.807, 2.05) is 31.2 Å². The van der Waals surface area contributed by atoms with Gasteiger partial charge in [0.1, 0.15) is 5.69 Å². The lowest BCUT2D eigenvalue weighted by atomic mass is 10.2. The van der Waals surface area contributed by atoms with Gasteiger partial charge in [0.25, 0.3) is 11.2 Å². The molecule has 2 N–H and O–H groups in total. The summed E-state index contributed by atoms with van der Waals surface area (Å²) in [7, 11) is 0. The van der Waals surface area contributed by atoms with Crippen molar-refractivity contribution in [1.29, 1.82) is 0 Å². The highest BCUT2D eigenvalue weighted by Crippen LogP contribution is 2.29. The fraction of sp³-hybridized carbons (Fsp3) is 0.176. The van der Waals surface area contributed by atoms with E-state index in [-0.39, 0.29) is 16.3 Å². The molecule has 0 radical (unpaired) electrons. The maximum atomic E-state index is 11.8. The Morgan fingerprint density at radius 2 is 2.08 bits per heavy atom. The topological polar surface area (TPSA) is 101 Å². The summed E-state index contributed by atoms with van der Waals surface area (Å²) in [6, 6.07) is 10.8. The predicted molar refractivity (Wildman–Crippen MR) is 107 cm³/mol. The number of anilines is 1. The second-order valence-corrected chi connectivity index (χ2v) is 8.07. The van der Waals surface area contributed by atoms with Crippen molar-refractivity contribution in [3.05, 3.63) is 67.7 Å². The molecule has 1 atom stereocenters. The number of aromatic nitrogens is 2. The van der Waals surface area contributed by atoms with Gasteiger partial charge in [-0.05, 0) is 30.3 Å². The van der Waals surface area contributed by atoms with E-state index in [0.29, 0.717) is 17.7 Å². The number of nitro benzene ring substituents is 1. The van der Waals surface area contributed by atoms with Gasteiger partial charge in [0.15, 0.2) is 0 Å². The second-order valence-electron chi connectivity index (χ2n) is 5.64. The largest absolute Gasteiger partial charge is 0.378 e. The Bertz CT molecular complexity index is 1010. The number of rotatable bonds is 6. The van der Waals surface area contributed by atoms with Crippen LogP contribution in [0.3, 0.4) is 0 Å². The van der Waals surface area contributed by atoms with Gasteiger partial charge in [0.2, 0.25) is 0 Å². The molecule has 7 nitrogen and oxygen atoms in total. The van der Waals surface area contributed by atoms with Crippen LogP contribution in [0.25, 0.3) is 10.9 Å². The molecule has 0 aliphatic heterocycles. The molecule has 9 heteroatoms. The molecule has 26 heavy (non-hydrogen) atoms. The molecule has 2 aromatic carbocycles. The molecule has 0 saturated carbocycles. The molecule has 0 aliphatic rings. The van der Waals surface area contributed by atoms with Crippen molar-refractivity contribution >= 4 is 50.0 Å². The first-order chi connectivity index (χ1) is 12.4. The molecule has 3 aromatic rings. The third-order valence-electron chi connectivity index (χ3n) is 3.69. The first-order valence-corrected chi connectivity index (χ1v) is 9.43. The zero-order chi connectivity index (χ0) is 18.7. The van der Waals surface area contributed by atoms with Crippen LogP contribution in [-0.4, -0.2) is 26.7 Å². The summed E-state index contributed by atoms with van der Waals surface area (Å²) >= 11 is 5.07. The molecule has 0 aliphatic carbocycles. The van der Waals surface area contributed by atoms with Crippen molar-refractivity contribution in [2.24, 2.45) is 0 Å². The Balaban J connectivity index is 1.79. The molecule has 1 unspecified atom stereocenters. The van der Waals surface area contributed by atoms with Crippen LogP contribution in [0, 0.1) is 10.1 Å². The molecular formula is C17H15BrN4O3S. The summed E-state index contributed by atoms with van der Waals surface area (Å²) in [4.78, 5) is 30.3. The molecular weight excluding hydrogens is 420 g/mol. The summed E-state index contributed by atoms with van der Waals surface area (Å²) < 4.78 is 1.02. The zero-order valence-electron chi connectivity index (χ0n) is 13.7. The highest BCUT2D eigenvalue weighted by molar-refractivity contribution is 9.10. The first-order valence-electron chi connectivity index (χ1n) is 7.76. The van der Waals surface area contributed by atoms with Crippen LogP contribution in [0.1, 0.15) is 6.92 Å². The van der Waals surface area contributed by atoms with Gasteiger partial charge in [-0.15, -0.1) is 11.8 Å². The highest BCUT2D eigenvalue weighted by atomic mass is 79.9. The molecule has 0 saturated heterocycles. The number of fused-ring (bicyclic) bond motifs is 1. The second kappa shape index (κ2) is 7.88. The summed E-state index contributed by atoms with van der Waals surface area (Å²) in [6.45, 7) is 2.56. The van der Waals surface area contributed by atoms with Crippen LogP contribution >= 0.6 is 27.7 Å². The smallest absolute Gasteiger partial charge is 0.293 e. The lowest BCUT2D eigenvalue weighted by Gasteiger charge is -2.14. The predicted octanol–water partition coefficient (Wildman–Crippen LogP) is 4.19.